The first-order valence-corrected chi connectivity index (χ1v) is 8.20. The Morgan fingerprint density at radius 2 is 2.00 bits per heavy atom. The van der Waals surface area contributed by atoms with E-state index in [1.54, 1.807) is 12.5 Å². The van der Waals surface area contributed by atoms with Crippen molar-refractivity contribution < 1.29 is 4.21 Å². The lowest BCUT2D eigenvalue weighted by molar-refractivity contribution is 0.687. The summed E-state index contributed by atoms with van der Waals surface area (Å²) in [5.74, 6) is 0.851. The highest BCUT2D eigenvalue weighted by atomic mass is 79.9. The van der Waals surface area contributed by atoms with Gasteiger partial charge in [0.05, 0.1) is 0 Å². The Morgan fingerprint density at radius 1 is 1.32 bits per heavy atom. The molecule has 1 unspecified atom stereocenters. The number of nitrogens with zero attached hydrogens (tertiary/aromatic N) is 1. The zero-order chi connectivity index (χ0) is 13.8. The Labute approximate surface area is 124 Å². The van der Waals surface area contributed by atoms with E-state index in [1.807, 2.05) is 37.3 Å². The van der Waals surface area contributed by atoms with E-state index in [9.17, 15) is 4.21 Å². The fourth-order valence-corrected chi connectivity index (χ4v) is 2.36. The molecular weight excluding hydrogens is 324 g/mol. The molecule has 0 amide bonds. The number of hydrogen-bond acceptors (Lipinski definition) is 3. The third kappa shape index (κ3) is 3.88. The van der Waals surface area contributed by atoms with E-state index in [4.69, 9.17) is 0 Å². The summed E-state index contributed by atoms with van der Waals surface area (Å²) in [7, 11) is -0.921. The smallest absolute Gasteiger partial charge is 0.126 e. The third-order valence-electron chi connectivity index (χ3n) is 2.78. The first-order valence-electron chi connectivity index (χ1n) is 5.84. The molecule has 2 aromatic rings. The SMILES string of the molecule is Cc1cc(NCc2ccc(S(C)=O)cc2)ncc1Br. The number of aromatic nitrogens is 1. The summed E-state index contributed by atoms with van der Waals surface area (Å²) in [5.41, 5.74) is 2.28. The summed E-state index contributed by atoms with van der Waals surface area (Å²) in [5, 5.41) is 3.27. The van der Waals surface area contributed by atoms with Gasteiger partial charge in [0.2, 0.25) is 0 Å². The van der Waals surface area contributed by atoms with Gasteiger partial charge in [-0.05, 0) is 52.2 Å². The first-order chi connectivity index (χ1) is 9.06. The van der Waals surface area contributed by atoms with Crippen LogP contribution in [0.3, 0.4) is 0 Å². The van der Waals surface area contributed by atoms with Gasteiger partial charge in [0.25, 0.3) is 0 Å². The molecule has 1 atom stereocenters. The normalized spacial score (nSPS) is 12.2. The molecule has 0 saturated heterocycles. The summed E-state index contributed by atoms with van der Waals surface area (Å²) >= 11 is 3.43. The minimum absolute atomic E-state index is 0.699. The summed E-state index contributed by atoms with van der Waals surface area (Å²) in [6.07, 6.45) is 3.47. The number of nitrogens with one attached hydrogen (secondary N) is 1. The van der Waals surface area contributed by atoms with Crippen LogP contribution in [0.2, 0.25) is 0 Å². The Hall–Kier alpha value is -1.20. The predicted octanol–water partition coefficient (Wildman–Crippen LogP) is 3.50. The predicted molar refractivity (Wildman–Crippen MR) is 82.8 cm³/mol. The topological polar surface area (TPSA) is 42.0 Å². The van der Waals surface area contributed by atoms with Crippen molar-refractivity contribution in [3.8, 4) is 0 Å². The molecule has 19 heavy (non-hydrogen) atoms. The summed E-state index contributed by atoms with van der Waals surface area (Å²) in [4.78, 5) is 5.14. The lowest BCUT2D eigenvalue weighted by Crippen LogP contribution is -2.02. The molecule has 0 bridgehead atoms. The lowest BCUT2D eigenvalue weighted by Gasteiger charge is -2.07. The van der Waals surface area contributed by atoms with Crippen LogP contribution in [-0.4, -0.2) is 15.4 Å². The van der Waals surface area contributed by atoms with Crippen LogP contribution in [0.25, 0.3) is 0 Å². The molecule has 0 aliphatic carbocycles. The van der Waals surface area contributed by atoms with E-state index in [0.717, 1.165) is 26.3 Å². The molecule has 5 heteroatoms. The van der Waals surface area contributed by atoms with Gasteiger partial charge in [-0.3, -0.25) is 4.21 Å². The van der Waals surface area contributed by atoms with Crippen molar-refractivity contribution in [3.05, 3.63) is 52.1 Å². The summed E-state index contributed by atoms with van der Waals surface area (Å²) in [6, 6.07) is 9.76. The highest BCUT2D eigenvalue weighted by Gasteiger charge is 2.00. The molecule has 0 aliphatic heterocycles. The zero-order valence-corrected chi connectivity index (χ0v) is 13.2. The minimum Gasteiger partial charge on any atom is -0.366 e. The van der Waals surface area contributed by atoms with Crippen LogP contribution >= 0.6 is 15.9 Å². The number of rotatable bonds is 4. The molecule has 1 heterocycles. The van der Waals surface area contributed by atoms with Gasteiger partial charge in [-0.15, -0.1) is 0 Å². The monoisotopic (exact) mass is 338 g/mol. The van der Waals surface area contributed by atoms with Crippen molar-refractivity contribution in [1.29, 1.82) is 0 Å². The van der Waals surface area contributed by atoms with E-state index in [0.29, 0.717) is 6.54 Å². The Bertz CT molecular complexity index is 599. The second-order valence-corrected chi connectivity index (χ2v) is 6.50. The van der Waals surface area contributed by atoms with Crippen molar-refractivity contribution in [2.24, 2.45) is 0 Å². The van der Waals surface area contributed by atoms with E-state index in [-0.39, 0.29) is 0 Å². The molecule has 1 aromatic heterocycles. The maximum absolute atomic E-state index is 11.3. The molecule has 2 rings (SSSR count). The van der Waals surface area contributed by atoms with Gasteiger partial charge in [0.1, 0.15) is 5.82 Å². The van der Waals surface area contributed by atoms with Crippen molar-refractivity contribution in [3.63, 3.8) is 0 Å². The van der Waals surface area contributed by atoms with E-state index in [1.165, 1.54) is 0 Å². The molecule has 3 nitrogen and oxygen atoms in total. The fourth-order valence-electron chi connectivity index (χ4n) is 1.63. The maximum Gasteiger partial charge on any atom is 0.126 e. The number of benzene rings is 1. The van der Waals surface area contributed by atoms with Crippen molar-refractivity contribution in [2.45, 2.75) is 18.4 Å². The van der Waals surface area contributed by atoms with Crippen molar-refractivity contribution >= 4 is 32.5 Å². The summed E-state index contributed by atoms with van der Waals surface area (Å²) in [6.45, 7) is 2.73. The largest absolute Gasteiger partial charge is 0.366 e. The first kappa shape index (κ1) is 14.2. The molecule has 1 aromatic carbocycles. The number of hydrogen-bond donors (Lipinski definition) is 1. The van der Waals surface area contributed by atoms with Gasteiger partial charge in [-0.1, -0.05) is 12.1 Å². The van der Waals surface area contributed by atoms with Gasteiger partial charge >= 0.3 is 0 Å². The van der Waals surface area contributed by atoms with Crippen LogP contribution in [0.4, 0.5) is 5.82 Å². The molecule has 0 saturated carbocycles. The lowest BCUT2D eigenvalue weighted by atomic mass is 10.2. The van der Waals surface area contributed by atoms with Crippen molar-refractivity contribution in [2.75, 3.05) is 11.6 Å². The minimum atomic E-state index is -0.921. The van der Waals surface area contributed by atoms with Crippen LogP contribution in [-0.2, 0) is 17.3 Å². The molecule has 0 radical (unpaired) electrons. The maximum atomic E-state index is 11.3. The molecule has 0 aliphatic rings. The third-order valence-corrected chi connectivity index (χ3v) is 4.54. The summed E-state index contributed by atoms with van der Waals surface area (Å²) < 4.78 is 12.3. The van der Waals surface area contributed by atoms with Crippen LogP contribution in [0, 0.1) is 6.92 Å². The Morgan fingerprint density at radius 3 is 2.58 bits per heavy atom. The standard InChI is InChI=1S/C14H15BrN2OS/c1-10-7-14(17-9-13(10)15)16-8-11-3-5-12(6-4-11)19(2)18/h3-7,9H,8H2,1-2H3,(H,16,17). The van der Waals surface area contributed by atoms with Gasteiger partial charge in [-0.25, -0.2) is 4.98 Å². The quantitative estimate of drug-likeness (QED) is 0.927. The van der Waals surface area contributed by atoms with Crippen molar-refractivity contribution in [1.82, 2.24) is 4.98 Å². The van der Waals surface area contributed by atoms with E-state index < -0.39 is 10.8 Å². The molecular formula is C14H15BrN2OS. The number of halogens is 1. The van der Waals surface area contributed by atoms with Crippen LogP contribution < -0.4 is 5.32 Å². The van der Waals surface area contributed by atoms with Gasteiger partial charge < -0.3 is 5.32 Å². The Kier molecular flexibility index (Phi) is 4.71. The zero-order valence-electron chi connectivity index (χ0n) is 10.8. The van der Waals surface area contributed by atoms with E-state index >= 15 is 0 Å². The average Bonchev–Trinajstić information content (AvgIpc) is 2.40. The molecule has 1 N–H and O–H groups in total. The fraction of sp³-hybridized carbons (Fsp3) is 0.214. The second kappa shape index (κ2) is 6.30. The van der Waals surface area contributed by atoms with Crippen LogP contribution in [0.15, 0.2) is 45.9 Å². The van der Waals surface area contributed by atoms with Gasteiger partial charge in [-0.2, -0.15) is 0 Å². The highest BCUT2D eigenvalue weighted by molar-refractivity contribution is 9.10. The molecule has 100 valence electrons. The van der Waals surface area contributed by atoms with Crippen LogP contribution in [0.5, 0.6) is 0 Å². The number of pyridine rings is 1. The Balaban J connectivity index is 2.01. The molecule has 0 spiro atoms. The van der Waals surface area contributed by atoms with Gasteiger partial charge in [0, 0.05) is 39.2 Å². The second-order valence-electron chi connectivity index (χ2n) is 4.27. The average molecular weight is 339 g/mol. The van der Waals surface area contributed by atoms with Gasteiger partial charge in [0.15, 0.2) is 0 Å². The highest BCUT2D eigenvalue weighted by Crippen LogP contribution is 2.17. The van der Waals surface area contributed by atoms with Crippen LogP contribution in [0.1, 0.15) is 11.1 Å². The van der Waals surface area contributed by atoms with E-state index in [2.05, 4.69) is 26.2 Å². The molecule has 0 fully saturated rings. The number of anilines is 1. The number of aryl methyl sites for hydroxylation is 1.